The van der Waals surface area contributed by atoms with E-state index in [4.69, 9.17) is 4.42 Å². The molecule has 0 saturated carbocycles. The van der Waals surface area contributed by atoms with Crippen molar-refractivity contribution < 1.29 is 4.42 Å². The zero-order valence-corrected chi connectivity index (χ0v) is 32.1. The van der Waals surface area contributed by atoms with Crippen LogP contribution in [0.2, 0.25) is 0 Å². The van der Waals surface area contributed by atoms with E-state index < -0.39 is 0 Å². The van der Waals surface area contributed by atoms with Crippen LogP contribution in [0.3, 0.4) is 0 Å². The lowest BCUT2D eigenvalue weighted by Gasteiger charge is -2.27. The summed E-state index contributed by atoms with van der Waals surface area (Å²) in [6.45, 7) is 0. The monoisotopic (exact) mass is 752 g/mol. The molecular formula is C56H36N2O. The second kappa shape index (κ2) is 13.4. The largest absolute Gasteiger partial charge is 0.456 e. The topological polar surface area (TPSA) is 21.3 Å². The van der Waals surface area contributed by atoms with Gasteiger partial charge in [-0.15, -0.1) is 0 Å². The summed E-state index contributed by atoms with van der Waals surface area (Å²) in [6, 6.07) is 78.8. The Morgan fingerprint density at radius 2 is 1.00 bits per heavy atom. The molecule has 59 heavy (non-hydrogen) atoms. The summed E-state index contributed by atoms with van der Waals surface area (Å²) in [5, 5.41) is 9.47. The van der Waals surface area contributed by atoms with Crippen LogP contribution in [0.4, 0.5) is 17.1 Å². The SMILES string of the molecule is c1ccc(-c2cccc(-n3c4ccccc4c4cc(N(c5cc(-c6ccccc6)c6ccccc6c5)c5ccc6c(c5)oc5ccc7ccccc7c56)ccc43)c2)cc1. The lowest BCUT2D eigenvalue weighted by molar-refractivity contribution is 0.669. The van der Waals surface area contributed by atoms with Gasteiger partial charge in [-0.25, -0.2) is 0 Å². The quantitative estimate of drug-likeness (QED) is 0.169. The molecule has 0 aliphatic rings. The van der Waals surface area contributed by atoms with Gasteiger partial charge in [-0.3, -0.25) is 0 Å². The number of nitrogens with zero attached hydrogens (tertiary/aromatic N) is 2. The Morgan fingerprint density at radius 3 is 1.85 bits per heavy atom. The first kappa shape index (κ1) is 33.3. The van der Waals surface area contributed by atoms with Crippen molar-refractivity contribution >= 4 is 82.4 Å². The predicted molar refractivity (Wildman–Crippen MR) is 249 cm³/mol. The molecule has 0 bridgehead atoms. The third kappa shape index (κ3) is 5.44. The highest BCUT2D eigenvalue weighted by atomic mass is 16.3. The van der Waals surface area contributed by atoms with Gasteiger partial charge in [-0.2, -0.15) is 0 Å². The molecule has 3 heteroatoms. The summed E-state index contributed by atoms with van der Waals surface area (Å²) >= 11 is 0. The molecule has 2 aromatic heterocycles. The average molecular weight is 753 g/mol. The third-order valence-electron chi connectivity index (χ3n) is 11.9. The lowest BCUT2D eigenvalue weighted by Crippen LogP contribution is -2.10. The third-order valence-corrected chi connectivity index (χ3v) is 11.9. The number of fused-ring (bicyclic) bond motifs is 9. The van der Waals surface area contributed by atoms with Gasteiger partial charge >= 0.3 is 0 Å². The summed E-state index contributed by atoms with van der Waals surface area (Å²) in [5.41, 5.74) is 13.1. The van der Waals surface area contributed by atoms with Crippen LogP contribution in [0.25, 0.3) is 93.2 Å². The Kier molecular flexibility index (Phi) is 7.54. The molecule has 0 N–H and O–H groups in total. The van der Waals surface area contributed by atoms with Crippen molar-refractivity contribution in [3.8, 4) is 27.9 Å². The molecule has 12 rings (SSSR count). The maximum atomic E-state index is 6.68. The van der Waals surface area contributed by atoms with Crippen molar-refractivity contribution in [2.24, 2.45) is 0 Å². The van der Waals surface area contributed by atoms with Crippen LogP contribution >= 0.6 is 0 Å². The Morgan fingerprint density at radius 1 is 0.339 bits per heavy atom. The number of furan rings is 1. The van der Waals surface area contributed by atoms with Crippen LogP contribution in [0.5, 0.6) is 0 Å². The summed E-state index contributed by atoms with van der Waals surface area (Å²) in [6.07, 6.45) is 0. The van der Waals surface area contributed by atoms with Gasteiger partial charge in [0.05, 0.1) is 11.0 Å². The fourth-order valence-electron chi connectivity index (χ4n) is 9.23. The Balaban J connectivity index is 1.10. The van der Waals surface area contributed by atoms with Crippen molar-refractivity contribution in [1.82, 2.24) is 4.57 Å². The van der Waals surface area contributed by atoms with Gasteiger partial charge in [-0.1, -0.05) is 146 Å². The molecule has 276 valence electrons. The fraction of sp³-hybridized carbons (Fsp3) is 0. The van der Waals surface area contributed by atoms with E-state index >= 15 is 0 Å². The molecule has 0 spiro atoms. The molecule has 3 nitrogen and oxygen atoms in total. The first-order valence-corrected chi connectivity index (χ1v) is 20.2. The van der Waals surface area contributed by atoms with Gasteiger partial charge < -0.3 is 13.9 Å². The molecule has 0 fully saturated rings. The number of anilines is 3. The highest BCUT2D eigenvalue weighted by molar-refractivity contribution is 6.19. The second-order valence-electron chi connectivity index (χ2n) is 15.3. The zero-order valence-electron chi connectivity index (χ0n) is 32.1. The Hall–Kier alpha value is -7.88. The first-order valence-electron chi connectivity index (χ1n) is 20.2. The summed E-state index contributed by atoms with van der Waals surface area (Å²) < 4.78 is 9.08. The number of para-hydroxylation sites is 1. The number of aromatic nitrogens is 1. The minimum atomic E-state index is 0.860. The molecule has 0 unspecified atom stereocenters. The van der Waals surface area contributed by atoms with E-state index in [9.17, 15) is 0 Å². The summed E-state index contributed by atoms with van der Waals surface area (Å²) in [5.74, 6) is 0. The van der Waals surface area contributed by atoms with Crippen LogP contribution in [0.1, 0.15) is 0 Å². The Labute approximate surface area is 341 Å². The van der Waals surface area contributed by atoms with Gasteiger partial charge in [0.1, 0.15) is 11.2 Å². The minimum absolute atomic E-state index is 0.860. The van der Waals surface area contributed by atoms with Gasteiger partial charge in [0, 0.05) is 50.4 Å². The highest BCUT2D eigenvalue weighted by Gasteiger charge is 2.21. The standard InChI is InChI=1S/C56H36N2O/c1-3-14-37(15-4-1)40-20-13-21-42(32-40)58-52-25-12-11-24-48(52)51-34-43(28-30-53(51)58)57(45-33-41-19-8-9-22-46(41)50(35-45)38-16-5-2-6-17-38)44-27-29-49-55(36-44)59-54-31-26-39-18-7-10-23-47(39)56(49)54/h1-36H. The molecule has 0 radical (unpaired) electrons. The molecule has 12 aromatic rings. The van der Waals surface area contributed by atoms with E-state index in [1.165, 1.54) is 60.1 Å². The number of benzene rings is 10. The maximum absolute atomic E-state index is 6.68. The normalized spacial score (nSPS) is 11.7. The molecule has 0 atom stereocenters. The van der Waals surface area contributed by atoms with Crippen molar-refractivity contribution in [3.05, 3.63) is 218 Å². The van der Waals surface area contributed by atoms with E-state index in [1.807, 2.05) is 0 Å². The van der Waals surface area contributed by atoms with Crippen molar-refractivity contribution in [3.63, 3.8) is 0 Å². The van der Waals surface area contributed by atoms with Crippen molar-refractivity contribution in [1.29, 1.82) is 0 Å². The Bertz CT molecular complexity index is 3560. The molecule has 0 amide bonds. The van der Waals surface area contributed by atoms with Crippen LogP contribution in [-0.4, -0.2) is 4.57 Å². The fourth-order valence-corrected chi connectivity index (χ4v) is 9.23. The zero-order chi connectivity index (χ0) is 38.9. The van der Waals surface area contributed by atoms with E-state index in [1.54, 1.807) is 0 Å². The van der Waals surface area contributed by atoms with Crippen LogP contribution in [-0.2, 0) is 0 Å². The highest BCUT2D eigenvalue weighted by Crippen LogP contribution is 2.45. The first-order chi connectivity index (χ1) is 29.2. The lowest BCUT2D eigenvalue weighted by atomic mass is 9.96. The van der Waals surface area contributed by atoms with Gasteiger partial charge in [0.15, 0.2) is 0 Å². The van der Waals surface area contributed by atoms with Gasteiger partial charge in [0.2, 0.25) is 0 Å². The number of rotatable bonds is 6. The van der Waals surface area contributed by atoms with Crippen molar-refractivity contribution in [2.75, 3.05) is 4.90 Å². The van der Waals surface area contributed by atoms with E-state index in [2.05, 4.69) is 228 Å². The minimum Gasteiger partial charge on any atom is -0.456 e. The van der Waals surface area contributed by atoms with E-state index in [0.717, 1.165) is 50.2 Å². The molecule has 2 heterocycles. The van der Waals surface area contributed by atoms with Crippen LogP contribution in [0.15, 0.2) is 223 Å². The average Bonchev–Trinajstić information content (AvgIpc) is 3.85. The maximum Gasteiger partial charge on any atom is 0.137 e. The van der Waals surface area contributed by atoms with Gasteiger partial charge in [-0.05, 0) is 111 Å². The van der Waals surface area contributed by atoms with Crippen LogP contribution < -0.4 is 4.90 Å². The number of hydrogen-bond donors (Lipinski definition) is 0. The number of hydrogen-bond acceptors (Lipinski definition) is 2. The molecule has 10 aromatic carbocycles. The van der Waals surface area contributed by atoms with Gasteiger partial charge in [0.25, 0.3) is 0 Å². The van der Waals surface area contributed by atoms with Crippen molar-refractivity contribution in [2.45, 2.75) is 0 Å². The molecule has 0 saturated heterocycles. The predicted octanol–water partition coefficient (Wildman–Crippen LogP) is 15.8. The second-order valence-corrected chi connectivity index (χ2v) is 15.3. The summed E-state index contributed by atoms with van der Waals surface area (Å²) in [7, 11) is 0. The smallest absolute Gasteiger partial charge is 0.137 e. The summed E-state index contributed by atoms with van der Waals surface area (Å²) in [4.78, 5) is 2.39. The molecule has 0 aliphatic heterocycles. The molecule has 0 aliphatic carbocycles. The van der Waals surface area contributed by atoms with E-state index in [-0.39, 0.29) is 0 Å². The van der Waals surface area contributed by atoms with E-state index in [0.29, 0.717) is 0 Å². The molecular weight excluding hydrogens is 717 g/mol. The van der Waals surface area contributed by atoms with Crippen LogP contribution in [0, 0.1) is 0 Å².